The Morgan fingerprint density at radius 2 is 1.94 bits per heavy atom. The molecule has 1 aromatic carbocycles. The topological polar surface area (TPSA) is 80.3 Å². The Balaban J connectivity index is 1.88. The molecule has 0 radical (unpaired) electrons. The van der Waals surface area contributed by atoms with Gasteiger partial charge >= 0.3 is 0 Å². The molecule has 3 atom stereocenters. The van der Waals surface area contributed by atoms with E-state index in [2.05, 4.69) is 24.1 Å². The van der Waals surface area contributed by atoms with Crippen LogP contribution in [0.15, 0.2) is 18.2 Å². The fraction of sp³-hybridized carbons (Fsp3) is 0.704. The summed E-state index contributed by atoms with van der Waals surface area (Å²) in [5.74, 6) is 1.18. The van der Waals surface area contributed by atoms with E-state index in [0.29, 0.717) is 42.5 Å². The summed E-state index contributed by atoms with van der Waals surface area (Å²) < 4.78 is 17.7. The summed E-state index contributed by atoms with van der Waals surface area (Å²) in [5.41, 5.74) is 1.13. The van der Waals surface area contributed by atoms with Crippen molar-refractivity contribution in [3.63, 3.8) is 0 Å². The molecule has 2 aliphatic rings. The third-order valence-corrected chi connectivity index (χ3v) is 7.17. The molecule has 0 saturated carbocycles. The van der Waals surface area contributed by atoms with Gasteiger partial charge in [0.25, 0.3) is 5.91 Å². The number of benzene rings is 1. The third kappa shape index (κ3) is 7.66. The monoisotopic (exact) mass is 489 g/mol. The molecule has 8 heteroatoms. The van der Waals surface area contributed by atoms with Crippen LogP contribution in [0.4, 0.5) is 5.69 Å². The minimum Gasteiger partial charge on any atom is -0.491 e. The maximum Gasteiger partial charge on any atom is 0.257 e. The zero-order valence-corrected chi connectivity index (χ0v) is 22.0. The van der Waals surface area contributed by atoms with Crippen LogP contribution < -0.4 is 10.1 Å². The lowest BCUT2D eigenvalue weighted by molar-refractivity contribution is -0.116. The van der Waals surface area contributed by atoms with Crippen molar-refractivity contribution in [3.05, 3.63) is 23.8 Å². The predicted molar refractivity (Wildman–Crippen MR) is 137 cm³/mol. The third-order valence-electron chi connectivity index (χ3n) is 7.17. The number of hydrogen-bond acceptors (Lipinski definition) is 6. The van der Waals surface area contributed by atoms with Gasteiger partial charge in [-0.25, -0.2) is 0 Å². The van der Waals surface area contributed by atoms with E-state index in [-0.39, 0.29) is 29.9 Å². The Kier molecular flexibility index (Phi) is 10.4. The number of carbonyl (C=O) groups is 2. The number of hydrogen-bond donors (Lipinski definition) is 1. The minimum atomic E-state index is -0.118. The molecule has 0 bridgehead atoms. The molecule has 1 aromatic rings. The highest BCUT2D eigenvalue weighted by Gasteiger charge is 2.30. The molecule has 2 aliphatic heterocycles. The lowest BCUT2D eigenvalue weighted by Crippen LogP contribution is -2.48. The van der Waals surface area contributed by atoms with Gasteiger partial charge in [-0.05, 0) is 50.2 Å². The zero-order chi connectivity index (χ0) is 25.4. The van der Waals surface area contributed by atoms with E-state index in [1.807, 2.05) is 6.92 Å². The van der Waals surface area contributed by atoms with E-state index < -0.39 is 0 Å². The fourth-order valence-corrected chi connectivity index (χ4v) is 4.89. The van der Waals surface area contributed by atoms with Crippen LogP contribution in [0.1, 0.15) is 56.8 Å². The number of nitrogens with one attached hydrogen (secondary N) is 1. The van der Waals surface area contributed by atoms with Crippen molar-refractivity contribution in [2.45, 2.75) is 58.6 Å². The van der Waals surface area contributed by atoms with Gasteiger partial charge < -0.3 is 24.4 Å². The molecule has 0 unspecified atom stereocenters. The Morgan fingerprint density at radius 1 is 1.20 bits per heavy atom. The highest BCUT2D eigenvalue weighted by Crippen LogP contribution is 2.27. The van der Waals surface area contributed by atoms with Gasteiger partial charge in [0.1, 0.15) is 12.4 Å². The van der Waals surface area contributed by atoms with Gasteiger partial charge in [0.2, 0.25) is 5.91 Å². The first kappa shape index (κ1) is 27.4. The van der Waals surface area contributed by atoms with E-state index in [9.17, 15) is 9.59 Å². The second kappa shape index (κ2) is 13.2. The number of likely N-dealkylation sites (N-methyl/N-ethyl adjacent to an activating group) is 1. The van der Waals surface area contributed by atoms with Gasteiger partial charge in [0.05, 0.1) is 11.7 Å². The number of fused-ring (bicyclic) bond motifs is 1. The number of carbonyl (C=O) groups excluding carboxylic acids is 2. The van der Waals surface area contributed by atoms with Crippen LogP contribution in [0.3, 0.4) is 0 Å². The zero-order valence-electron chi connectivity index (χ0n) is 22.0. The van der Waals surface area contributed by atoms with Crippen LogP contribution in [0.5, 0.6) is 5.75 Å². The number of ether oxygens (including phenoxy) is 3. The molecule has 8 nitrogen and oxygen atoms in total. The number of amides is 2. The largest absolute Gasteiger partial charge is 0.491 e. The Labute approximate surface area is 210 Å². The van der Waals surface area contributed by atoms with Crippen molar-refractivity contribution in [1.82, 2.24) is 9.80 Å². The normalized spacial score (nSPS) is 25.2. The van der Waals surface area contributed by atoms with Crippen molar-refractivity contribution in [1.29, 1.82) is 0 Å². The molecule has 35 heavy (non-hydrogen) atoms. The van der Waals surface area contributed by atoms with Crippen molar-refractivity contribution < 1.29 is 23.8 Å². The van der Waals surface area contributed by atoms with Gasteiger partial charge in [-0.15, -0.1) is 0 Å². The molecule has 1 fully saturated rings. The molecule has 0 spiro atoms. The second-order valence-corrected chi connectivity index (χ2v) is 10.1. The summed E-state index contributed by atoms with van der Waals surface area (Å²) in [4.78, 5) is 29.7. The lowest BCUT2D eigenvalue weighted by atomic mass is 9.96. The maximum atomic E-state index is 13.3. The Morgan fingerprint density at radius 3 is 2.63 bits per heavy atom. The quantitative estimate of drug-likeness (QED) is 0.657. The van der Waals surface area contributed by atoms with Crippen LogP contribution in [0.2, 0.25) is 0 Å². The molecule has 0 aromatic heterocycles. The molecule has 2 amide bonds. The van der Waals surface area contributed by atoms with E-state index in [0.717, 1.165) is 45.6 Å². The van der Waals surface area contributed by atoms with Crippen LogP contribution in [-0.2, 0) is 14.3 Å². The number of rotatable bonds is 6. The van der Waals surface area contributed by atoms with Crippen LogP contribution in [-0.4, -0.2) is 87.4 Å². The molecular weight excluding hydrogens is 446 g/mol. The lowest BCUT2D eigenvalue weighted by Gasteiger charge is -2.38. The van der Waals surface area contributed by atoms with Crippen LogP contribution in [0, 0.1) is 11.8 Å². The fourth-order valence-electron chi connectivity index (χ4n) is 4.89. The average molecular weight is 490 g/mol. The van der Waals surface area contributed by atoms with Gasteiger partial charge in [0, 0.05) is 71.2 Å². The average Bonchev–Trinajstić information content (AvgIpc) is 2.85. The first-order valence-electron chi connectivity index (χ1n) is 13.0. The van der Waals surface area contributed by atoms with Crippen molar-refractivity contribution in [3.8, 4) is 5.75 Å². The second-order valence-electron chi connectivity index (χ2n) is 10.1. The number of anilines is 1. The smallest absolute Gasteiger partial charge is 0.257 e. The first-order chi connectivity index (χ1) is 16.8. The van der Waals surface area contributed by atoms with Gasteiger partial charge in [0.15, 0.2) is 0 Å². The minimum absolute atomic E-state index is 0.0445. The molecule has 1 N–H and O–H groups in total. The molecule has 0 aliphatic carbocycles. The van der Waals surface area contributed by atoms with Crippen molar-refractivity contribution in [2.75, 3.05) is 58.9 Å². The summed E-state index contributed by atoms with van der Waals surface area (Å²) >= 11 is 0. The van der Waals surface area contributed by atoms with Gasteiger partial charge in [-0.3, -0.25) is 14.5 Å². The SMILES string of the molecule is CCCC(=O)Nc1ccc2c(c1)OC[C@H](C)N(CC1CCOCC1)C[C@@H](C)[C@H](OC)CN(C)C2=O. The van der Waals surface area contributed by atoms with Crippen LogP contribution in [0.25, 0.3) is 0 Å². The predicted octanol–water partition coefficient (Wildman–Crippen LogP) is 3.66. The highest BCUT2D eigenvalue weighted by molar-refractivity contribution is 5.98. The van der Waals surface area contributed by atoms with E-state index in [4.69, 9.17) is 14.2 Å². The summed E-state index contributed by atoms with van der Waals surface area (Å²) in [6, 6.07) is 5.44. The maximum absolute atomic E-state index is 13.3. The van der Waals surface area contributed by atoms with E-state index in [1.54, 1.807) is 37.3 Å². The summed E-state index contributed by atoms with van der Waals surface area (Å²) in [7, 11) is 3.52. The molecule has 1 saturated heterocycles. The first-order valence-corrected chi connectivity index (χ1v) is 13.0. The van der Waals surface area contributed by atoms with Gasteiger partial charge in [-0.1, -0.05) is 13.8 Å². The summed E-state index contributed by atoms with van der Waals surface area (Å²) in [5, 5.41) is 2.92. The van der Waals surface area contributed by atoms with E-state index >= 15 is 0 Å². The summed E-state index contributed by atoms with van der Waals surface area (Å²) in [6.45, 7) is 10.8. The van der Waals surface area contributed by atoms with Crippen molar-refractivity contribution in [2.24, 2.45) is 11.8 Å². The molecule has 3 rings (SSSR count). The molecule has 196 valence electrons. The van der Waals surface area contributed by atoms with Crippen molar-refractivity contribution >= 4 is 17.5 Å². The number of nitrogens with zero attached hydrogens (tertiary/aromatic N) is 2. The Hall–Kier alpha value is -2.16. The van der Waals surface area contributed by atoms with Gasteiger partial charge in [-0.2, -0.15) is 0 Å². The number of methoxy groups -OCH3 is 1. The standard InChI is InChI=1S/C27H43N3O5/c1-6-7-26(31)28-22-8-9-23-24(14-22)35-18-20(3)30(16-21-10-12-34-13-11-21)15-19(2)25(33-5)17-29(4)27(23)32/h8-9,14,19-21,25H,6-7,10-13,15-18H2,1-5H3,(H,28,31)/t19-,20+,25-/m1/s1. The molecular formula is C27H43N3O5. The Bertz CT molecular complexity index is 842. The highest BCUT2D eigenvalue weighted by atomic mass is 16.5. The molecule has 2 heterocycles. The van der Waals surface area contributed by atoms with Crippen LogP contribution >= 0.6 is 0 Å². The summed E-state index contributed by atoms with van der Waals surface area (Å²) in [6.07, 6.45) is 3.30. The van der Waals surface area contributed by atoms with E-state index in [1.165, 1.54) is 0 Å².